The van der Waals surface area contributed by atoms with Crippen molar-refractivity contribution in [2.75, 3.05) is 19.6 Å². The lowest BCUT2D eigenvalue weighted by atomic mass is 10.0. The van der Waals surface area contributed by atoms with Crippen molar-refractivity contribution in [1.82, 2.24) is 9.03 Å². The molecule has 1 aliphatic heterocycles. The highest BCUT2D eigenvalue weighted by atomic mass is 35.5. The smallest absolute Gasteiger partial charge is 0.211 e. The van der Waals surface area contributed by atoms with E-state index in [0.717, 1.165) is 17.4 Å². The van der Waals surface area contributed by atoms with Gasteiger partial charge < -0.3 is 0 Å². The minimum atomic E-state index is -3.64. The van der Waals surface area contributed by atoms with Crippen molar-refractivity contribution < 1.29 is 16.8 Å². The molecule has 9 heteroatoms. The van der Waals surface area contributed by atoms with Crippen molar-refractivity contribution >= 4 is 31.6 Å². The summed E-state index contributed by atoms with van der Waals surface area (Å²) in [6, 6.07) is 4.67. The largest absolute Gasteiger partial charge is 0.243 e. The van der Waals surface area contributed by atoms with Gasteiger partial charge in [-0.1, -0.05) is 24.2 Å². The van der Waals surface area contributed by atoms with Crippen LogP contribution in [0.15, 0.2) is 35.1 Å². The van der Waals surface area contributed by atoms with Crippen molar-refractivity contribution in [3.63, 3.8) is 0 Å². The van der Waals surface area contributed by atoms with Crippen molar-refractivity contribution in [1.29, 1.82) is 0 Å². The van der Waals surface area contributed by atoms with Crippen LogP contribution in [0.1, 0.15) is 18.4 Å². The molecule has 0 aromatic heterocycles. The predicted molar refractivity (Wildman–Crippen MR) is 94.8 cm³/mol. The molecular formula is C15H21ClN2O4S2. The molecule has 1 fully saturated rings. The van der Waals surface area contributed by atoms with E-state index in [1.165, 1.54) is 10.4 Å². The summed E-state index contributed by atoms with van der Waals surface area (Å²) in [6.07, 6.45) is 1.44. The Kier molecular flexibility index (Phi) is 6.09. The Balaban J connectivity index is 2.13. The highest BCUT2D eigenvalue weighted by molar-refractivity contribution is 7.92. The molecule has 6 nitrogen and oxygen atoms in total. The molecule has 0 amide bonds. The Morgan fingerprint density at radius 3 is 2.71 bits per heavy atom. The Hall–Kier alpha value is -0.930. The molecule has 134 valence electrons. The lowest BCUT2D eigenvalue weighted by molar-refractivity contribution is 0.267. The van der Waals surface area contributed by atoms with E-state index in [4.69, 9.17) is 11.6 Å². The normalized spacial score (nSPS) is 20.0. The molecule has 1 saturated heterocycles. The maximum atomic E-state index is 12.8. The number of benzene rings is 1. The number of sulfonamides is 2. The van der Waals surface area contributed by atoms with E-state index in [-0.39, 0.29) is 23.9 Å². The van der Waals surface area contributed by atoms with Gasteiger partial charge in [0.05, 0.1) is 4.90 Å². The number of nitrogens with zero attached hydrogens (tertiary/aromatic N) is 1. The fourth-order valence-electron chi connectivity index (χ4n) is 2.59. The SMILES string of the molecule is C=CS(=O)(=O)NC[C@H]1CCCN(S(=O)(=O)c2ccc(C)c(Cl)c2)C1. The molecular weight excluding hydrogens is 372 g/mol. The monoisotopic (exact) mass is 392 g/mol. The quantitative estimate of drug-likeness (QED) is 0.803. The van der Waals surface area contributed by atoms with Crippen LogP contribution in [0.25, 0.3) is 0 Å². The molecule has 24 heavy (non-hydrogen) atoms. The van der Waals surface area contributed by atoms with Gasteiger partial charge in [-0.25, -0.2) is 21.6 Å². The van der Waals surface area contributed by atoms with Crippen LogP contribution >= 0.6 is 11.6 Å². The van der Waals surface area contributed by atoms with Crippen LogP contribution in [0.3, 0.4) is 0 Å². The lowest BCUT2D eigenvalue weighted by Crippen LogP contribution is -2.43. The number of halogens is 1. The number of hydrogen-bond donors (Lipinski definition) is 1. The van der Waals surface area contributed by atoms with Crippen molar-refractivity contribution in [2.45, 2.75) is 24.7 Å². The fourth-order valence-corrected chi connectivity index (χ4v) is 5.00. The highest BCUT2D eigenvalue weighted by Gasteiger charge is 2.30. The number of rotatable bonds is 6. The molecule has 0 aliphatic carbocycles. The van der Waals surface area contributed by atoms with Gasteiger partial charge in [0.15, 0.2) is 0 Å². The summed E-state index contributed by atoms with van der Waals surface area (Å²) >= 11 is 6.03. The van der Waals surface area contributed by atoms with E-state index in [1.54, 1.807) is 19.1 Å². The zero-order valence-electron chi connectivity index (χ0n) is 13.4. The number of nitrogens with one attached hydrogen (secondary N) is 1. The Morgan fingerprint density at radius 2 is 2.08 bits per heavy atom. The van der Waals surface area contributed by atoms with Crippen LogP contribution in [0, 0.1) is 12.8 Å². The van der Waals surface area contributed by atoms with Crippen molar-refractivity contribution in [3.05, 3.63) is 40.8 Å². The standard InChI is InChI=1S/C15H21ClN2O4S2/c1-3-23(19,20)17-10-13-5-4-8-18(11-13)24(21,22)14-7-6-12(2)15(16)9-14/h3,6-7,9,13,17H,1,4-5,8,10-11H2,2H3/t13-/m1/s1. The molecule has 2 rings (SSSR count). The molecule has 1 N–H and O–H groups in total. The summed E-state index contributed by atoms with van der Waals surface area (Å²) in [4.78, 5) is 0.158. The molecule has 1 aliphatic rings. The Bertz CT molecular complexity index is 822. The second-order valence-electron chi connectivity index (χ2n) is 5.84. The molecule has 0 radical (unpaired) electrons. The topological polar surface area (TPSA) is 83.6 Å². The first-order chi connectivity index (χ1) is 11.2. The van der Waals surface area contributed by atoms with Crippen LogP contribution in [-0.2, 0) is 20.0 Å². The van der Waals surface area contributed by atoms with Gasteiger partial charge in [-0.3, -0.25) is 0 Å². The maximum absolute atomic E-state index is 12.8. The first-order valence-electron chi connectivity index (χ1n) is 7.54. The fraction of sp³-hybridized carbons (Fsp3) is 0.467. The third-order valence-corrected chi connectivity index (χ3v) is 7.33. The van der Waals surface area contributed by atoms with Gasteiger partial charge in [-0.05, 0) is 43.4 Å². The third kappa shape index (κ3) is 4.58. The van der Waals surface area contributed by atoms with Crippen LogP contribution < -0.4 is 4.72 Å². The third-order valence-electron chi connectivity index (χ3n) is 4.06. The highest BCUT2D eigenvalue weighted by Crippen LogP contribution is 2.26. The summed E-state index contributed by atoms with van der Waals surface area (Å²) in [5, 5.41) is 1.25. The first kappa shape index (κ1) is 19.4. The van der Waals surface area contributed by atoms with Gasteiger partial charge in [0.1, 0.15) is 0 Å². The van der Waals surface area contributed by atoms with Crippen LogP contribution in [-0.4, -0.2) is 40.8 Å². The maximum Gasteiger partial charge on any atom is 0.243 e. The average molecular weight is 393 g/mol. The van der Waals surface area contributed by atoms with E-state index in [1.807, 2.05) is 0 Å². The molecule has 1 atom stereocenters. The summed E-state index contributed by atoms with van der Waals surface area (Å²) in [7, 11) is -7.15. The second kappa shape index (κ2) is 7.53. The zero-order chi connectivity index (χ0) is 18.0. The van der Waals surface area contributed by atoms with Crippen LogP contribution in [0.2, 0.25) is 5.02 Å². The van der Waals surface area contributed by atoms with Crippen molar-refractivity contribution in [2.24, 2.45) is 5.92 Å². The van der Waals surface area contributed by atoms with E-state index in [2.05, 4.69) is 11.3 Å². The summed E-state index contributed by atoms with van der Waals surface area (Å²) in [5.74, 6) is -0.0795. The van der Waals surface area contributed by atoms with Crippen molar-refractivity contribution in [3.8, 4) is 0 Å². The van der Waals surface area contributed by atoms with Crippen LogP contribution in [0.5, 0.6) is 0 Å². The zero-order valence-corrected chi connectivity index (χ0v) is 15.8. The van der Waals surface area contributed by atoms with E-state index in [0.29, 0.717) is 18.0 Å². The second-order valence-corrected chi connectivity index (χ2v) is 9.90. The summed E-state index contributed by atoms with van der Waals surface area (Å²) < 4.78 is 52.2. The summed E-state index contributed by atoms with van der Waals surface area (Å²) in [6.45, 7) is 5.92. The minimum Gasteiger partial charge on any atom is -0.211 e. The Morgan fingerprint density at radius 1 is 1.38 bits per heavy atom. The lowest BCUT2D eigenvalue weighted by Gasteiger charge is -2.32. The molecule has 1 heterocycles. The molecule has 0 bridgehead atoms. The Labute approximate surface area is 148 Å². The van der Waals surface area contributed by atoms with E-state index >= 15 is 0 Å². The predicted octanol–water partition coefficient (Wildman–Crippen LogP) is 2.11. The number of piperidine rings is 1. The van der Waals surface area contributed by atoms with Crippen LogP contribution in [0.4, 0.5) is 0 Å². The minimum absolute atomic E-state index is 0.0795. The van der Waals surface area contributed by atoms with Gasteiger partial charge in [-0.15, -0.1) is 0 Å². The van der Waals surface area contributed by atoms with Gasteiger partial charge in [0.25, 0.3) is 0 Å². The van der Waals surface area contributed by atoms with Gasteiger partial charge in [-0.2, -0.15) is 4.31 Å². The molecule has 0 saturated carbocycles. The number of hydrogen-bond acceptors (Lipinski definition) is 4. The molecule has 1 aromatic rings. The first-order valence-corrected chi connectivity index (χ1v) is 10.9. The van der Waals surface area contributed by atoms with E-state index in [9.17, 15) is 16.8 Å². The molecule has 0 spiro atoms. The van der Waals surface area contributed by atoms with Gasteiger partial charge in [0, 0.05) is 30.1 Å². The number of aryl methyl sites for hydroxylation is 1. The van der Waals surface area contributed by atoms with Gasteiger partial charge in [0.2, 0.25) is 20.0 Å². The van der Waals surface area contributed by atoms with Gasteiger partial charge >= 0.3 is 0 Å². The van der Waals surface area contributed by atoms with E-state index < -0.39 is 20.0 Å². The average Bonchev–Trinajstić information content (AvgIpc) is 2.56. The summed E-state index contributed by atoms with van der Waals surface area (Å²) in [5.41, 5.74) is 0.811. The molecule has 1 aromatic carbocycles. The molecule has 0 unspecified atom stereocenters.